The number of methoxy groups -OCH3 is 2. The number of esters is 2. The standard InChI is InChI=1S/C17H19BrO5.N/c1-22-14(19)5-7-17(8-6-15(20)23-2)10-11-3-4-12(18)9-13(11)16(17)21;/h3-4,9H,5-8,10H2,1-2H3;. The molecule has 7 heteroatoms. The van der Waals surface area contributed by atoms with E-state index in [1.807, 2.05) is 12.1 Å². The first-order valence-electron chi connectivity index (χ1n) is 7.39. The predicted octanol–water partition coefficient (Wildman–Crippen LogP) is 2.60. The van der Waals surface area contributed by atoms with Crippen LogP contribution in [0.3, 0.4) is 0 Å². The molecule has 0 aliphatic heterocycles. The van der Waals surface area contributed by atoms with Crippen LogP contribution < -0.4 is 6.15 Å². The smallest absolute Gasteiger partial charge is 0.305 e. The van der Waals surface area contributed by atoms with Gasteiger partial charge in [-0.25, -0.2) is 0 Å². The first-order chi connectivity index (χ1) is 10.9. The monoisotopic (exact) mass is 396 g/mol. The van der Waals surface area contributed by atoms with Crippen molar-refractivity contribution in [1.29, 1.82) is 0 Å². The van der Waals surface area contributed by atoms with Crippen molar-refractivity contribution in [3.8, 4) is 0 Å². The van der Waals surface area contributed by atoms with Gasteiger partial charge in [-0.2, -0.15) is 0 Å². The number of carbonyl (C=O) groups is 3. The summed E-state index contributed by atoms with van der Waals surface area (Å²) in [6.07, 6.45) is 1.56. The van der Waals surface area contributed by atoms with Gasteiger partial charge in [0.25, 0.3) is 0 Å². The predicted molar refractivity (Wildman–Crippen MR) is 89.2 cm³/mol. The maximum absolute atomic E-state index is 12.9. The lowest BCUT2D eigenvalue weighted by Crippen LogP contribution is -2.30. The molecule has 0 aromatic heterocycles. The van der Waals surface area contributed by atoms with Crippen molar-refractivity contribution in [3.63, 3.8) is 0 Å². The molecular formula is C17H19BrNO5. The highest BCUT2D eigenvalue weighted by molar-refractivity contribution is 9.10. The van der Waals surface area contributed by atoms with E-state index in [0.29, 0.717) is 24.8 Å². The maximum Gasteiger partial charge on any atom is 0.305 e. The van der Waals surface area contributed by atoms with E-state index < -0.39 is 5.41 Å². The number of carbonyl (C=O) groups excluding carboxylic acids is 3. The summed E-state index contributed by atoms with van der Waals surface area (Å²) in [5.41, 5.74) is 0.868. The van der Waals surface area contributed by atoms with Crippen molar-refractivity contribution < 1.29 is 23.9 Å². The second-order valence-electron chi connectivity index (χ2n) is 5.74. The molecule has 1 aliphatic carbocycles. The molecule has 0 heterocycles. The molecule has 24 heavy (non-hydrogen) atoms. The van der Waals surface area contributed by atoms with Gasteiger partial charge in [-0.15, -0.1) is 0 Å². The second-order valence-corrected chi connectivity index (χ2v) is 6.66. The number of ketones is 1. The number of Topliss-reactive ketones (excluding diaryl/α,β-unsaturated/α-hetero) is 1. The average Bonchev–Trinajstić information content (AvgIpc) is 2.83. The maximum atomic E-state index is 12.9. The van der Waals surface area contributed by atoms with Gasteiger partial charge in [-0.1, -0.05) is 22.0 Å². The molecule has 0 atom stereocenters. The number of ether oxygens (including phenoxy) is 2. The first-order valence-corrected chi connectivity index (χ1v) is 8.18. The third-order valence-electron chi connectivity index (χ3n) is 4.40. The van der Waals surface area contributed by atoms with Crippen LogP contribution in [0.25, 0.3) is 0 Å². The Labute approximate surface area is 149 Å². The lowest BCUT2D eigenvalue weighted by molar-refractivity contribution is -0.141. The number of hydrogen-bond acceptors (Lipinski definition) is 5. The van der Waals surface area contributed by atoms with Crippen LogP contribution in [0.1, 0.15) is 41.6 Å². The number of rotatable bonds is 6. The lowest BCUT2D eigenvalue weighted by Gasteiger charge is -2.26. The topological polar surface area (TPSA) is 100 Å². The Hall–Kier alpha value is -1.73. The van der Waals surface area contributed by atoms with Crippen molar-refractivity contribution in [2.45, 2.75) is 32.1 Å². The Morgan fingerprint density at radius 1 is 1.12 bits per heavy atom. The van der Waals surface area contributed by atoms with Gasteiger partial charge in [0, 0.05) is 34.4 Å². The fourth-order valence-electron chi connectivity index (χ4n) is 3.06. The van der Waals surface area contributed by atoms with E-state index in [9.17, 15) is 14.4 Å². The normalized spacial score (nSPS) is 14.5. The van der Waals surface area contributed by atoms with Crippen molar-refractivity contribution >= 4 is 33.7 Å². The summed E-state index contributed by atoms with van der Waals surface area (Å²) in [5, 5.41) is 0. The van der Waals surface area contributed by atoms with E-state index in [1.54, 1.807) is 6.07 Å². The molecule has 0 saturated heterocycles. The van der Waals surface area contributed by atoms with Gasteiger partial charge < -0.3 is 9.47 Å². The van der Waals surface area contributed by atoms with Crippen molar-refractivity contribution in [2.24, 2.45) is 5.41 Å². The van der Waals surface area contributed by atoms with Gasteiger partial charge >= 0.3 is 11.9 Å². The van der Waals surface area contributed by atoms with Crippen LogP contribution in [-0.2, 0) is 25.5 Å². The van der Waals surface area contributed by atoms with Crippen LogP contribution in [0, 0.1) is 5.41 Å². The highest BCUT2D eigenvalue weighted by Gasteiger charge is 2.45. The molecule has 2 rings (SSSR count). The molecule has 0 N–H and O–H groups in total. The SMILES string of the molecule is COC(=O)CCC1(CCC(=O)OC)Cc2ccc(Br)cc2C1=O.[N]. The fraction of sp³-hybridized carbons (Fsp3) is 0.471. The summed E-state index contributed by atoms with van der Waals surface area (Å²) in [6, 6.07) is 5.61. The van der Waals surface area contributed by atoms with Crippen LogP contribution in [-0.4, -0.2) is 31.9 Å². The Balaban J connectivity index is 0.00000288. The first kappa shape index (κ1) is 20.3. The highest BCUT2D eigenvalue weighted by atomic mass is 79.9. The summed E-state index contributed by atoms with van der Waals surface area (Å²) < 4.78 is 10.2. The van der Waals surface area contributed by atoms with E-state index in [1.165, 1.54) is 14.2 Å². The minimum atomic E-state index is -0.745. The summed E-state index contributed by atoms with van der Waals surface area (Å²) in [7, 11) is 2.65. The summed E-state index contributed by atoms with van der Waals surface area (Å²) >= 11 is 3.38. The van der Waals surface area contributed by atoms with E-state index in [4.69, 9.17) is 0 Å². The minimum absolute atomic E-state index is 0. The number of halogens is 1. The molecule has 0 saturated carbocycles. The molecule has 0 bridgehead atoms. The molecule has 3 radical (unpaired) electrons. The third-order valence-corrected chi connectivity index (χ3v) is 4.89. The number of hydrogen-bond donors (Lipinski definition) is 0. The van der Waals surface area contributed by atoms with Gasteiger partial charge in [0.1, 0.15) is 0 Å². The van der Waals surface area contributed by atoms with E-state index in [2.05, 4.69) is 25.4 Å². The third kappa shape index (κ3) is 4.21. The number of benzene rings is 1. The Bertz CT molecular complexity index is 624. The quantitative estimate of drug-likeness (QED) is 0.687. The van der Waals surface area contributed by atoms with Crippen LogP contribution in [0.4, 0.5) is 0 Å². The van der Waals surface area contributed by atoms with Gasteiger partial charge in [-0.3, -0.25) is 14.4 Å². The second kappa shape index (κ2) is 8.39. The molecule has 1 aromatic carbocycles. The molecule has 0 unspecified atom stereocenters. The summed E-state index contributed by atoms with van der Waals surface area (Å²) in [6.45, 7) is 0. The number of fused-ring (bicyclic) bond motifs is 1. The molecule has 1 aliphatic rings. The van der Waals surface area contributed by atoms with Crippen LogP contribution in [0.2, 0.25) is 0 Å². The van der Waals surface area contributed by atoms with Crippen LogP contribution >= 0.6 is 15.9 Å². The molecule has 1 aromatic rings. The number of nitrogens with zero attached hydrogens (tertiary/aromatic N) is 1. The molecule has 6 nitrogen and oxygen atoms in total. The van der Waals surface area contributed by atoms with Crippen molar-refractivity contribution in [1.82, 2.24) is 6.15 Å². The molecule has 129 valence electrons. The van der Waals surface area contributed by atoms with E-state index in [-0.39, 0.29) is 36.7 Å². The van der Waals surface area contributed by atoms with E-state index in [0.717, 1.165) is 10.0 Å². The van der Waals surface area contributed by atoms with Gasteiger partial charge in [0.05, 0.1) is 14.2 Å². The van der Waals surface area contributed by atoms with Crippen molar-refractivity contribution in [3.05, 3.63) is 33.8 Å². The molecular weight excluding hydrogens is 378 g/mol. The lowest BCUT2D eigenvalue weighted by atomic mass is 9.75. The van der Waals surface area contributed by atoms with Gasteiger partial charge in [0.2, 0.25) is 0 Å². The Kier molecular flexibility index (Phi) is 7.10. The van der Waals surface area contributed by atoms with Crippen LogP contribution in [0.5, 0.6) is 0 Å². The molecule has 0 amide bonds. The fourth-order valence-corrected chi connectivity index (χ4v) is 3.42. The largest absolute Gasteiger partial charge is 0.469 e. The molecule has 0 spiro atoms. The van der Waals surface area contributed by atoms with Gasteiger partial charge in [0.15, 0.2) is 5.78 Å². The molecule has 0 fully saturated rings. The van der Waals surface area contributed by atoms with Crippen molar-refractivity contribution in [2.75, 3.05) is 14.2 Å². The van der Waals surface area contributed by atoms with Crippen LogP contribution in [0.15, 0.2) is 22.7 Å². The van der Waals surface area contributed by atoms with E-state index >= 15 is 0 Å². The summed E-state index contributed by atoms with van der Waals surface area (Å²) in [4.78, 5) is 36.0. The zero-order valence-electron chi connectivity index (χ0n) is 13.6. The average molecular weight is 397 g/mol. The highest BCUT2D eigenvalue weighted by Crippen LogP contribution is 2.44. The van der Waals surface area contributed by atoms with Gasteiger partial charge in [-0.05, 0) is 37.0 Å². The Morgan fingerprint density at radius 3 is 2.17 bits per heavy atom. The summed E-state index contributed by atoms with van der Waals surface area (Å²) in [5.74, 6) is -0.721. The zero-order chi connectivity index (χ0) is 17.0. The zero-order valence-corrected chi connectivity index (χ0v) is 15.2. The minimum Gasteiger partial charge on any atom is -0.469 e. The Morgan fingerprint density at radius 2 is 1.67 bits per heavy atom.